The van der Waals surface area contributed by atoms with Gasteiger partial charge in [-0.1, -0.05) is 12.1 Å². The number of nitrogens with zero attached hydrogens (tertiary/aromatic N) is 2. The van der Waals surface area contributed by atoms with E-state index in [0.717, 1.165) is 11.3 Å². The van der Waals surface area contributed by atoms with E-state index in [0.29, 0.717) is 30.7 Å². The Morgan fingerprint density at radius 3 is 2.07 bits per heavy atom. The minimum absolute atomic E-state index is 0.192. The minimum Gasteiger partial charge on any atom is -0.391 e. The molecular weight excluding hydrogens is 415 g/mol. The van der Waals surface area contributed by atoms with E-state index in [1.54, 1.807) is 6.07 Å². The second-order valence-electron chi connectivity index (χ2n) is 6.66. The van der Waals surface area contributed by atoms with Crippen LogP contribution in [0.25, 0.3) is 0 Å². The molecule has 1 atom stereocenters. The van der Waals surface area contributed by atoms with Crippen LogP contribution in [0.2, 0.25) is 0 Å². The Morgan fingerprint density at radius 2 is 1.61 bits per heavy atom. The van der Waals surface area contributed by atoms with Gasteiger partial charge in [0.15, 0.2) is 5.60 Å². The summed E-state index contributed by atoms with van der Waals surface area (Å²) in [6, 6.07) is 8.50. The molecule has 3 N–H and O–H groups in total. The molecule has 6 nitrogen and oxygen atoms in total. The van der Waals surface area contributed by atoms with Crippen molar-refractivity contribution in [1.29, 1.82) is 0 Å². The molecule has 3 rings (SSSR count). The average molecular weight is 435 g/mol. The number of benzene rings is 1. The van der Waals surface area contributed by atoms with E-state index >= 15 is 0 Å². The van der Waals surface area contributed by atoms with E-state index in [4.69, 9.17) is 5.73 Å². The van der Waals surface area contributed by atoms with Crippen LogP contribution in [0.15, 0.2) is 40.6 Å². The van der Waals surface area contributed by atoms with E-state index in [1.165, 1.54) is 34.6 Å². The lowest BCUT2D eigenvalue weighted by molar-refractivity contribution is -0.258. The quantitative estimate of drug-likeness (QED) is 0.771. The van der Waals surface area contributed by atoms with Gasteiger partial charge in [0, 0.05) is 31.9 Å². The minimum atomic E-state index is -4.78. The first-order valence-corrected chi connectivity index (χ1v) is 10.7. The Bertz CT molecular complexity index is 933. The number of alkyl halides is 3. The van der Waals surface area contributed by atoms with E-state index in [-0.39, 0.29) is 22.9 Å². The Morgan fingerprint density at radius 1 is 1.04 bits per heavy atom. The molecule has 0 aliphatic carbocycles. The number of aliphatic hydroxyl groups is 1. The SMILES string of the molecule is CC(O)(c1ccc(N2CCN(S(=O)(=O)c3ccc(N)s3)CC2)cc1)C(F)(F)F. The van der Waals surface area contributed by atoms with Crippen molar-refractivity contribution in [3.63, 3.8) is 0 Å². The number of piperazine rings is 1. The van der Waals surface area contributed by atoms with Gasteiger partial charge < -0.3 is 15.7 Å². The molecule has 0 radical (unpaired) electrons. The second kappa shape index (κ2) is 7.21. The van der Waals surface area contributed by atoms with Crippen molar-refractivity contribution in [2.75, 3.05) is 36.8 Å². The lowest BCUT2D eigenvalue weighted by Gasteiger charge is -2.35. The van der Waals surface area contributed by atoms with Gasteiger partial charge in [0.1, 0.15) is 4.21 Å². The summed E-state index contributed by atoms with van der Waals surface area (Å²) < 4.78 is 65.6. The molecule has 28 heavy (non-hydrogen) atoms. The fourth-order valence-corrected chi connectivity index (χ4v) is 5.62. The zero-order valence-corrected chi connectivity index (χ0v) is 16.6. The van der Waals surface area contributed by atoms with Crippen molar-refractivity contribution < 1.29 is 26.7 Å². The summed E-state index contributed by atoms with van der Waals surface area (Å²) in [4.78, 5) is 1.89. The number of halogens is 3. The maximum Gasteiger partial charge on any atom is 0.421 e. The lowest BCUT2D eigenvalue weighted by atomic mass is 9.95. The molecule has 1 aromatic carbocycles. The van der Waals surface area contributed by atoms with Crippen LogP contribution in [-0.2, 0) is 15.6 Å². The third kappa shape index (κ3) is 3.84. The van der Waals surface area contributed by atoms with Crippen LogP contribution in [0, 0.1) is 0 Å². The highest BCUT2D eigenvalue weighted by molar-refractivity contribution is 7.91. The van der Waals surface area contributed by atoms with Crippen molar-refractivity contribution in [2.24, 2.45) is 0 Å². The zero-order valence-electron chi connectivity index (χ0n) is 15.0. The monoisotopic (exact) mass is 435 g/mol. The summed E-state index contributed by atoms with van der Waals surface area (Å²) in [5, 5.41) is 10.2. The lowest BCUT2D eigenvalue weighted by Crippen LogP contribution is -2.48. The maximum absolute atomic E-state index is 12.9. The van der Waals surface area contributed by atoms with Gasteiger partial charge >= 0.3 is 6.18 Å². The summed E-state index contributed by atoms with van der Waals surface area (Å²) >= 11 is 1.01. The molecule has 154 valence electrons. The Hall–Kier alpha value is -1.82. The fraction of sp³-hybridized carbons (Fsp3) is 0.412. The number of anilines is 2. The second-order valence-corrected chi connectivity index (χ2v) is 9.94. The number of rotatable bonds is 4. The highest BCUT2D eigenvalue weighted by atomic mass is 32.2. The third-order valence-electron chi connectivity index (χ3n) is 4.78. The molecule has 0 spiro atoms. The predicted molar refractivity (Wildman–Crippen MR) is 102 cm³/mol. The molecule has 2 heterocycles. The highest BCUT2D eigenvalue weighted by Crippen LogP contribution is 2.39. The van der Waals surface area contributed by atoms with Gasteiger partial charge in [-0.2, -0.15) is 17.5 Å². The number of hydrogen-bond donors (Lipinski definition) is 2. The normalized spacial score (nSPS) is 18.8. The first-order chi connectivity index (χ1) is 12.9. The number of sulfonamides is 1. The molecule has 1 fully saturated rings. The largest absolute Gasteiger partial charge is 0.421 e. The van der Waals surface area contributed by atoms with Crippen molar-refractivity contribution >= 4 is 32.0 Å². The number of nitrogen functional groups attached to an aromatic ring is 1. The summed E-state index contributed by atoms with van der Waals surface area (Å²) in [6.07, 6.45) is -4.78. The molecule has 1 saturated heterocycles. The standard InChI is InChI=1S/C17H20F3N3O3S2/c1-16(24,17(18,19)20)12-2-4-13(5-3-12)22-8-10-23(11-9-22)28(25,26)15-7-6-14(21)27-15/h2-7,24H,8-11,21H2,1H3. The van der Waals surface area contributed by atoms with Gasteiger partial charge in [-0.25, -0.2) is 8.42 Å². The number of thiophene rings is 1. The molecular formula is C17H20F3N3O3S2. The first-order valence-electron chi connectivity index (χ1n) is 8.43. The van der Waals surface area contributed by atoms with Crippen LogP contribution < -0.4 is 10.6 Å². The smallest absolute Gasteiger partial charge is 0.391 e. The van der Waals surface area contributed by atoms with Crippen LogP contribution in [0.5, 0.6) is 0 Å². The topological polar surface area (TPSA) is 86.9 Å². The van der Waals surface area contributed by atoms with Crippen molar-refractivity contribution in [2.45, 2.75) is 22.9 Å². The Labute approximate surface area is 165 Å². The van der Waals surface area contributed by atoms with Crippen molar-refractivity contribution in [3.05, 3.63) is 42.0 Å². The summed E-state index contributed by atoms with van der Waals surface area (Å²) in [6.45, 7) is 2.01. The highest BCUT2D eigenvalue weighted by Gasteiger charge is 2.51. The Balaban J connectivity index is 1.69. The molecule has 1 unspecified atom stereocenters. The van der Waals surface area contributed by atoms with Gasteiger partial charge in [0.05, 0.1) is 5.00 Å². The zero-order chi connectivity index (χ0) is 20.7. The summed E-state index contributed by atoms with van der Waals surface area (Å²) in [5.74, 6) is 0. The molecule has 2 aromatic rings. The van der Waals surface area contributed by atoms with E-state index in [9.17, 15) is 26.7 Å². The predicted octanol–water partition coefficient (Wildman–Crippen LogP) is 2.61. The summed E-state index contributed by atoms with van der Waals surface area (Å²) in [5.41, 5.74) is 3.10. The average Bonchev–Trinajstić information content (AvgIpc) is 3.08. The molecule has 1 aliphatic heterocycles. The van der Waals surface area contributed by atoms with Crippen LogP contribution in [-0.4, -0.2) is 50.2 Å². The van der Waals surface area contributed by atoms with Crippen molar-refractivity contribution in [3.8, 4) is 0 Å². The van der Waals surface area contributed by atoms with E-state index in [2.05, 4.69) is 0 Å². The number of nitrogens with two attached hydrogens (primary N) is 1. The third-order valence-corrected chi connectivity index (χ3v) is 8.06. The van der Waals surface area contributed by atoms with Crippen LogP contribution in [0.3, 0.4) is 0 Å². The number of hydrogen-bond acceptors (Lipinski definition) is 6. The summed E-state index contributed by atoms with van der Waals surface area (Å²) in [7, 11) is -3.60. The van der Waals surface area contributed by atoms with E-state index in [1.807, 2.05) is 4.90 Å². The molecule has 0 saturated carbocycles. The van der Waals surface area contributed by atoms with Crippen LogP contribution in [0.4, 0.5) is 23.9 Å². The van der Waals surface area contributed by atoms with Gasteiger partial charge in [-0.15, -0.1) is 11.3 Å². The van der Waals surface area contributed by atoms with Gasteiger partial charge in [-0.3, -0.25) is 0 Å². The van der Waals surface area contributed by atoms with Gasteiger partial charge in [0.2, 0.25) is 0 Å². The molecule has 11 heteroatoms. The molecule has 1 aliphatic rings. The van der Waals surface area contributed by atoms with Crippen molar-refractivity contribution in [1.82, 2.24) is 4.31 Å². The van der Waals surface area contributed by atoms with Gasteiger partial charge in [0.25, 0.3) is 10.0 Å². The van der Waals surface area contributed by atoms with E-state index < -0.39 is 21.8 Å². The fourth-order valence-electron chi connectivity index (χ4n) is 2.95. The van der Waals surface area contributed by atoms with Gasteiger partial charge in [-0.05, 0) is 36.8 Å². The first kappa shape index (κ1) is 20.9. The molecule has 0 bridgehead atoms. The molecule has 1 aromatic heterocycles. The maximum atomic E-state index is 12.9. The van der Waals surface area contributed by atoms with Crippen LogP contribution >= 0.6 is 11.3 Å². The van der Waals surface area contributed by atoms with Crippen LogP contribution in [0.1, 0.15) is 12.5 Å². The molecule has 0 amide bonds. The Kier molecular flexibility index (Phi) is 5.38.